The first kappa shape index (κ1) is 29.0. The number of unbranched alkanes of at least 4 members (excludes halogenated alkanes) is 1. The summed E-state index contributed by atoms with van der Waals surface area (Å²) in [7, 11) is 5.06. The number of rotatable bonds is 9. The van der Waals surface area contributed by atoms with Gasteiger partial charge in [-0.25, -0.2) is 4.79 Å². The molecule has 198 valence electrons. The van der Waals surface area contributed by atoms with Crippen LogP contribution in [0.2, 0.25) is 5.02 Å². The molecule has 1 aromatic carbocycles. The van der Waals surface area contributed by atoms with Gasteiger partial charge in [0.05, 0.1) is 35.5 Å². The first-order valence-electron chi connectivity index (χ1n) is 12.0. The highest BCUT2D eigenvalue weighted by atomic mass is 35.5. The quantitative estimate of drug-likeness (QED) is 0.382. The molecule has 0 bridgehead atoms. The van der Waals surface area contributed by atoms with Gasteiger partial charge in [-0.05, 0) is 44.7 Å². The highest BCUT2D eigenvalue weighted by molar-refractivity contribution is 6.33. The maximum atomic E-state index is 12.9. The van der Waals surface area contributed by atoms with Crippen LogP contribution in [-0.2, 0) is 4.74 Å². The van der Waals surface area contributed by atoms with Crippen molar-refractivity contribution in [2.45, 2.75) is 44.2 Å². The number of benzene rings is 1. The zero-order valence-corrected chi connectivity index (χ0v) is 21.8. The lowest BCUT2D eigenvalue weighted by Crippen LogP contribution is -2.55. The third-order valence-electron chi connectivity index (χ3n) is 6.75. The largest absolute Gasteiger partial charge is 0.496 e. The maximum absolute atomic E-state index is 12.9. The smallest absolute Gasteiger partial charge is 0.319 e. The van der Waals surface area contributed by atoms with Gasteiger partial charge in [0, 0.05) is 52.9 Å². The van der Waals surface area contributed by atoms with E-state index in [0.29, 0.717) is 22.0 Å². The number of carbonyl (C=O) groups excluding carboxylic acids is 2. The summed E-state index contributed by atoms with van der Waals surface area (Å²) in [6.07, 6.45) is 4.85. The number of anilines is 1. The number of piperidine rings is 1. The van der Waals surface area contributed by atoms with Crippen molar-refractivity contribution in [2.75, 3.05) is 66.3 Å². The highest BCUT2D eigenvalue weighted by Gasteiger charge is 2.31. The highest BCUT2D eigenvalue weighted by Crippen LogP contribution is 2.29. The second kappa shape index (κ2) is 13.7. The SMILES string of the molecule is COc1cc(N)c(Cl)cc1C(=O)NC1CCN(CCCCN(C)C(=O)N2CCCC2)CC1OC.O. The molecule has 10 nitrogen and oxygen atoms in total. The molecule has 2 aliphatic heterocycles. The van der Waals surface area contributed by atoms with Crippen LogP contribution in [-0.4, -0.2) is 105 Å². The van der Waals surface area contributed by atoms with Crippen LogP contribution in [0.15, 0.2) is 12.1 Å². The van der Waals surface area contributed by atoms with E-state index in [1.807, 2.05) is 16.8 Å². The van der Waals surface area contributed by atoms with Crippen LogP contribution < -0.4 is 15.8 Å². The van der Waals surface area contributed by atoms with Crippen LogP contribution in [0.5, 0.6) is 5.75 Å². The van der Waals surface area contributed by atoms with E-state index in [9.17, 15) is 9.59 Å². The molecule has 3 amide bonds. The predicted molar refractivity (Wildman–Crippen MR) is 137 cm³/mol. The Balaban J connectivity index is 0.00000432. The van der Waals surface area contributed by atoms with E-state index in [-0.39, 0.29) is 29.6 Å². The number of nitrogens with two attached hydrogens (primary N) is 1. The zero-order valence-electron chi connectivity index (χ0n) is 21.0. The van der Waals surface area contributed by atoms with Gasteiger partial charge in [0.15, 0.2) is 0 Å². The summed E-state index contributed by atoms with van der Waals surface area (Å²) >= 11 is 6.12. The first-order valence-corrected chi connectivity index (χ1v) is 12.4. The predicted octanol–water partition coefficient (Wildman–Crippen LogP) is 1.85. The molecule has 2 fully saturated rings. The van der Waals surface area contributed by atoms with Crippen molar-refractivity contribution in [1.82, 2.24) is 20.0 Å². The molecule has 2 atom stereocenters. The minimum Gasteiger partial charge on any atom is -0.496 e. The normalized spacial score (nSPS) is 20.3. The maximum Gasteiger partial charge on any atom is 0.319 e. The van der Waals surface area contributed by atoms with E-state index in [1.54, 1.807) is 13.2 Å². The van der Waals surface area contributed by atoms with Crippen LogP contribution in [0.4, 0.5) is 10.5 Å². The Morgan fingerprint density at radius 1 is 1.20 bits per heavy atom. The van der Waals surface area contributed by atoms with E-state index >= 15 is 0 Å². The second-order valence-electron chi connectivity index (χ2n) is 9.12. The van der Waals surface area contributed by atoms with Crippen LogP contribution in [0, 0.1) is 0 Å². The average Bonchev–Trinajstić information content (AvgIpc) is 3.38. The molecule has 2 aliphatic rings. The average molecular weight is 514 g/mol. The van der Waals surface area contributed by atoms with Gasteiger partial charge in [-0.15, -0.1) is 0 Å². The minimum absolute atomic E-state index is 0. The molecular formula is C24H40ClN5O5. The van der Waals surface area contributed by atoms with Crippen molar-refractivity contribution in [3.05, 3.63) is 22.7 Å². The number of ether oxygens (including phenoxy) is 2. The molecule has 5 N–H and O–H groups in total. The van der Waals surface area contributed by atoms with Gasteiger partial charge >= 0.3 is 6.03 Å². The molecular weight excluding hydrogens is 474 g/mol. The molecule has 0 aliphatic carbocycles. The fourth-order valence-corrected chi connectivity index (χ4v) is 4.84. The Kier molecular flexibility index (Phi) is 11.4. The van der Waals surface area contributed by atoms with Crippen molar-refractivity contribution in [2.24, 2.45) is 0 Å². The summed E-state index contributed by atoms with van der Waals surface area (Å²) in [5.74, 6) is 0.129. The Morgan fingerprint density at radius 2 is 1.91 bits per heavy atom. The fourth-order valence-electron chi connectivity index (χ4n) is 4.68. The Morgan fingerprint density at radius 3 is 2.57 bits per heavy atom. The molecule has 0 spiro atoms. The van der Waals surface area contributed by atoms with Gasteiger partial charge in [0.25, 0.3) is 5.91 Å². The summed E-state index contributed by atoms with van der Waals surface area (Å²) < 4.78 is 11.0. The van der Waals surface area contributed by atoms with Crippen molar-refractivity contribution in [1.29, 1.82) is 0 Å². The summed E-state index contributed by atoms with van der Waals surface area (Å²) in [5, 5.41) is 3.40. The monoisotopic (exact) mass is 513 g/mol. The van der Waals surface area contributed by atoms with E-state index in [1.165, 1.54) is 13.2 Å². The van der Waals surface area contributed by atoms with E-state index in [2.05, 4.69) is 10.2 Å². The number of urea groups is 1. The Labute approximate surface area is 212 Å². The number of nitrogens with zero attached hydrogens (tertiary/aromatic N) is 3. The standard InChI is InChI=1S/C24H38ClN5O4.H2O/c1-28(24(32)30-11-6-7-12-30)9-4-5-10-29-13-8-20(22(16-29)34-3)27-23(31)17-14-18(25)19(26)15-21(17)33-2;/h14-15,20,22H,4-13,16,26H2,1-3H3,(H,27,31);1H2. The summed E-state index contributed by atoms with van der Waals surface area (Å²) in [6, 6.07) is 3.13. The van der Waals surface area contributed by atoms with Crippen LogP contribution in [0.25, 0.3) is 0 Å². The molecule has 3 rings (SSSR count). The van der Waals surface area contributed by atoms with Crippen LogP contribution in [0.3, 0.4) is 0 Å². The number of likely N-dealkylation sites (tertiary alicyclic amines) is 2. The molecule has 0 aromatic heterocycles. The second-order valence-corrected chi connectivity index (χ2v) is 9.53. The van der Waals surface area contributed by atoms with Crippen molar-refractivity contribution >= 4 is 29.2 Å². The van der Waals surface area contributed by atoms with Gasteiger partial charge in [-0.1, -0.05) is 11.6 Å². The Hall–Kier alpha value is -2.27. The van der Waals surface area contributed by atoms with E-state index < -0.39 is 0 Å². The zero-order chi connectivity index (χ0) is 24.7. The number of halogens is 1. The minimum atomic E-state index is -0.259. The van der Waals surface area contributed by atoms with Gasteiger partial charge in [0.1, 0.15) is 5.75 Å². The third kappa shape index (κ3) is 7.60. The number of hydrogen-bond acceptors (Lipinski definition) is 6. The van der Waals surface area contributed by atoms with Gasteiger partial charge in [-0.2, -0.15) is 0 Å². The molecule has 2 heterocycles. The molecule has 2 saturated heterocycles. The Bertz CT molecular complexity index is 852. The van der Waals surface area contributed by atoms with Crippen LogP contribution >= 0.6 is 11.6 Å². The molecule has 35 heavy (non-hydrogen) atoms. The summed E-state index contributed by atoms with van der Waals surface area (Å²) in [4.78, 5) is 31.5. The number of carbonyl (C=O) groups is 2. The molecule has 2 unspecified atom stereocenters. The van der Waals surface area contributed by atoms with Gasteiger partial charge in [-0.3, -0.25) is 4.79 Å². The van der Waals surface area contributed by atoms with Crippen molar-refractivity contribution in [3.63, 3.8) is 0 Å². The molecule has 1 aromatic rings. The van der Waals surface area contributed by atoms with Crippen molar-refractivity contribution in [3.8, 4) is 5.75 Å². The molecule has 11 heteroatoms. The number of hydrogen-bond donors (Lipinski definition) is 2. The van der Waals surface area contributed by atoms with Crippen LogP contribution in [0.1, 0.15) is 42.5 Å². The lowest BCUT2D eigenvalue weighted by molar-refractivity contribution is 0.00590. The fraction of sp³-hybridized carbons (Fsp3) is 0.667. The first-order chi connectivity index (χ1) is 16.3. The van der Waals surface area contributed by atoms with E-state index in [0.717, 1.165) is 71.4 Å². The lowest BCUT2D eigenvalue weighted by Gasteiger charge is -2.38. The summed E-state index contributed by atoms with van der Waals surface area (Å²) in [6.45, 7) is 5.07. The summed E-state index contributed by atoms with van der Waals surface area (Å²) in [5.41, 5.74) is 6.55. The molecule has 0 radical (unpaired) electrons. The van der Waals surface area contributed by atoms with Crippen molar-refractivity contribution < 1.29 is 24.5 Å². The van der Waals surface area contributed by atoms with Gasteiger partial charge < -0.3 is 40.7 Å². The number of nitrogen functional groups attached to an aromatic ring is 1. The van der Waals surface area contributed by atoms with Gasteiger partial charge in [0.2, 0.25) is 0 Å². The lowest BCUT2D eigenvalue weighted by atomic mass is 10.0. The third-order valence-corrected chi connectivity index (χ3v) is 7.07. The topological polar surface area (TPSA) is 132 Å². The van der Waals surface area contributed by atoms with E-state index in [4.69, 9.17) is 26.8 Å². The molecule has 0 saturated carbocycles. The number of nitrogens with one attached hydrogen (secondary N) is 1. The number of methoxy groups -OCH3 is 2. The number of amides is 3.